The summed E-state index contributed by atoms with van der Waals surface area (Å²) in [7, 11) is 0. The number of amidine groups is 1. The fourth-order valence-corrected chi connectivity index (χ4v) is 1.55. The Labute approximate surface area is 116 Å². The van der Waals surface area contributed by atoms with Gasteiger partial charge in [-0.25, -0.2) is 0 Å². The average Bonchev–Trinajstić information content (AvgIpc) is 2.18. The van der Waals surface area contributed by atoms with E-state index in [-0.39, 0.29) is 30.6 Å². The van der Waals surface area contributed by atoms with Gasteiger partial charge in [-0.05, 0) is 31.5 Å². The Bertz CT molecular complexity index is 342. The third-order valence-electron chi connectivity index (χ3n) is 2.40. The zero-order chi connectivity index (χ0) is 11.3. The van der Waals surface area contributed by atoms with Crippen molar-refractivity contribution in [3.63, 3.8) is 0 Å². The number of hydrogen-bond acceptors (Lipinski definition) is 2. The predicted octanol–water partition coefficient (Wildman–Crippen LogP) is 2.99. The number of aryl methyl sites for hydroxylation is 1. The summed E-state index contributed by atoms with van der Waals surface area (Å²) >= 11 is 0. The molecule has 0 aliphatic heterocycles. The number of halogens is 2. The molecule has 3 N–H and O–H groups in total. The highest BCUT2D eigenvalue weighted by atomic mass is 35.5. The van der Waals surface area contributed by atoms with Crippen LogP contribution < -0.4 is 10.6 Å². The van der Waals surface area contributed by atoms with Gasteiger partial charge in [-0.15, -0.1) is 24.8 Å². The first-order valence-corrected chi connectivity index (χ1v) is 5.28. The zero-order valence-corrected chi connectivity index (χ0v) is 11.9. The fourth-order valence-electron chi connectivity index (χ4n) is 1.55. The van der Waals surface area contributed by atoms with Crippen molar-refractivity contribution in [1.29, 1.82) is 5.41 Å². The molecule has 98 valence electrons. The van der Waals surface area contributed by atoms with Crippen molar-refractivity contribution in [2.75, 3.05) is 18.0 Å². The third-order valence-corrected chi connectivity index (χ3v) is 2.40. The van der Waals surface area contributed by atoms with Crippen LogP contribution in [0.3, 0.4) is 0 Å². The van der Waals surface area contributed by atoms with Crippen molar-refractivity contribution >= 4 is 36.3 Å². The Morgan fingerprint density at radius 2 is 2.00 bits per heavy atom. The van der Waals surface area contributed by atoms with Crippen molar-refractivity contribution in [3.05, 3.63) is 29.8 Å². The monoisotopic (exact) mass is 277 g/mol. The highest BCUT2D eigenvalue weighted by Gasteiger charge is 2.04. The van der Waals surface area contributed by atoms with Crippen molar-refractivity contribution in [2.24, 2.45) is 5.73 Å². The van der Waals surface area contributed by atoms with Gasteiger partial charge < -0.3 is 10.6 Å². The molecule has 0 spiro atoms. The van der Waals surface area contributed by atoms with E-state index in [1.54, 1.807) is 0 Å². The molecular formula is C12H21Cl2N3. The van der Waals surface area contributed by atoms with Gasteiger partial charge in [0.05, 0.1) is 5.84 Å². The molecule has 5 heteroatoms. The Hall–Kier alpha value is -0.930. The third kappa shape index (κ3) is 6.39. The number of nitrogens with one attached hydrogen (secondary N) is 1. The van der Waals surface area contributed by atoms with Crippen LogP contribution in [0.15, 0.2) is 24.3 Å². The maximum atomic E-state index is 7.22. The van der Waals surface area contributed by atoms with Gasteiger partial charge in [-0.3, -0.25) is 5.41 Å². The molecule has 0 radical (unpaired) electrons. The molecule has 0 heterocycles. The van der Waals surface area contributed by atoms with E-state index in [9.17, 15) is 0 Å². The normalized spacial score (nSPS) is 8.82. The summed E-state index contributed by atoms with van der Waals surface area (Å²) in [5.74, 6) is 0.251. The lowest BCUT2D eigenvalue weighted by atomic mass is 10.2. The van der Waals surface area contributed by atoms with E-state index in [1.807, 2.05) is 0 Å². The van der Waals surface area contributed by atoms with E-state index in [4.69, 9.17) is 11.1 Å². The van der Waals surface area contributed by atoms with Gasteiger partial charge in [0.1, 0.15) is 0 Å². The van der Waals surface area contributed by atoms with E-state index < -0.39 is 0 Å². The maximum absolute atomic E-state index is 7.22. The summed E-state index contributed by atoms with van der Waals surface area (Å²) in [5, 5.41) is 7.22. The molecule has 1 rings (SSSR count). The summed E-state index contributed by atoms with van der Waals surface area (Å²) in [6.45, 7) is 5.96. The summed E-state index contributed by atoms with van der Waals surface area (Å²) in [4.78, 5) is 2.23. The lowest BCUT2D eigenvalue weighted by molar-refractivity contribution is 0.831. The Balaban J connectivity index is 0. The molecule has 17 heavy (non-hydrogen) atoms. The Morgan fingerprint density at radius 3 is 2.47 bits per heavy atom. The first-order chi connectivity index (χ1) is 7.13. The standard InChI is InChI=1S/C12H19N3.2ClH/c1-3-15(8-7-12(13)14)11-6-4-5-10(2)9-11;;/h4-6,9H,3,7-8H2,1-2H3,(H3,13,14);2*1H. The van der Waals surface area contributed by atoms with Crippen LogP contribution in [0.2, 0.25) is 0 Å². The summed E-state index contributed by atoms with van der Waals surface area (Å²) < 4.78 is 0. The number of nitrogens with zero attached hydrogens (tertiary/aromatic N) is 1. The minimum absolute atomic E-state index is 0. The van der Waals surface area contributed by atoms with E-state index in [2.05, 4.69) is 43.0 Å². The molecule has 0 saturated carbocycles. The molecule has 1 aromatic carbocycles. The smallest absolute Gasteiger partial charge is 0.0923 e. The number of nitrogens with two attached hydrogens (primary N) is 1. The minimum Gasteiger partial charge on any atom is -0.388 e. The van der Waals surface area contributed by atoms with Crippen LogP contribution in [-0.4, -0.2) is 18.9 Å². The number of hydrogen-bond donors (Lipinski definition) is 2. The summed E-state index contributed by atoms with van der Waals surface area (Å²) in [5.41, 5.74) is 7.83. The molecule has 0 atom stereocenters. The van der Waals surface area contributed by atoms with Gasteiger partial charge in [0.25, 0.3) is 0 Å². The second-order valence-electron chi connectivity index (χ2n) is 3.69. The van der Waals surface area contributed by atoms with Gasteiger partial charge in [-0.2, -0.15) is 0 Å². The molecule has 0 aliphatic rings. The summed E-state index contributed by atoms with van der Waals surface area (Å²) in [6.07, 6.45) is 0.627. The van der Waals surface area contributed by atoms with Crippen LogP contribution in [-0.2, 0) is 0 Å². The van der Waals surface area contributed by atoms with E-state index in [0.717, 1.165) is 13.1 Å². The van der Waals surface area contributed by atoms with Crippen LogP contribution in [0, 0.1) is 12.3 Å². The molecular weight excluding hydrogens is 257 g/mol. The van der Waals surface area contributed by atoms with Crippen LogP contribution in [0.25, 0.3) is 0 Å². The first kappa shape index (κ1) is 18.4. The molecule has 0 amide bonds. The molecule has 0 aromatic heterocycles. The van der Waals surface area contributed by atoms with Crippen molar-refractivity contribution in [1.82, 2.24) is 0 Å². The largest absolute Gasteiger partial charge is 0.388 e. The molecule has 0 aliphatic carbocycles. The minimum atomic E-state index is 0. The fraction of sp³-hybridized carbons (Fsp3) is 0.417. The van der Waals surface area contributed by atoms with E-state index in [1.165, 1.54) is 11.3 Å². The van der Waals surface area contributed by atoms with Crippen molar-refractivity contribution < 1.29 is 0 Å². The first-order valence-electron chi connectivity index (χ1n) is 5.28. The lowest BCUT2D eigenvalue weighted by Gasteiger charge is -2.23. The van der Waals surface area contributed by atoms with Crippen LogP contribution in [0.5, 0.6) is 0 Å². The van der Waals surface area contributed by atoms with Crippen LogP contribution in [0.4, 0.5) is 5.69 Å². The molecule has 1 aromatic rings. The van der Waals surface area contributed by atoms with E-state index >= 15 is 0 Å². The highest BCUT2D eigenvalue weighted by Crippen LogP contribution is 2.15. The van der Waals surface area contributed by atoms with Crippen molar-refractivity contribution in [3.8, 4) is 0 Å². The summed E-state index contributed by atoms with van der Waals surface area (Å²) in [6, 6.07) is 8.39. The van der Waals surface area contributed by atoms with Gasteiger partial charge in [-0.1, -0.05) is 12.1 Å². The quantitative estimate of drug-likeness (QED) is 0.642. The van der Waals surface area contributed by atoms with E-state index in [0.29, 0.717) is 6.42 Å². The van der Waals surface area contributed by atoms with Crippen molar-refractivity contribution in [2.45, 2.75) is 20.3 Å². The zero-order valence-electron chi connectivity index (χ0n) is 10.3. The second kappa shape index (κ2) is 9.14. The number of benzene rings is 1. The lowest BCUT2D eigenvalue weighted by Crippen LogP contribution is -2.27. The van der Waals surface area contributed by atoms with Gasteiger partial charge in [0.15, 0.2) is 0 Å². The Kier molecular flexibility index (Phi) is 9.91. The maximum Gasteiger partial charge on any atom is 0.0923 e. The number of rotatable bonds is 5. The van der Waals surface area contributed by atoms with Gasteiger partial charge in [0.2, 0.25) is 0 Å². The number of anilines is 1. The van der Waals surface area contributed by atoms with Crippen LogP contribution in [0.1, 0.15) is 18.9 Å². The molecule has 0 saturated heterocycles. The second-order valence-corrected chi connectivity index (χ2v) is 3.69. The topological polar surface area (TPSA) is 53.1 Å². The SMILES string of the molecule is CCN(CCC(=N)N)c1cccc(C)c1.Cl.Cl. The average molecular weight is 278 g/mol. The highest BCUT2D eigenvalue weighted by molar-refractivity contribution is 5.85. The van der Waals surface area contributed by atoms with Gasteiger partial charge >= 0.3 is 0 Å². The molecule has 3 nitrogen and oxygen atoms in total. The predicted molar refractivity (Wildman–Crippen MR) is 80.1 cm³/mol. The molecule has 0 fully saturated rings. The molecule has 0 unspecified atom stereocenters. The van der Waals surface area contributed by atoms with Gasteiger partial charge in [0, 0.05) is 25.2 Å². The van der Waals surface area contributed by atoms with Crippen LogP contribution >= 0.6 is 24.8 Å². The Morgan fingerprint density at radius 1 is 1.35 bits per heavy atom. The molecule has 0 bridgehead atoms.